The number of nitrogens with two attached hydrogens (primary N) is 1. The zero-order chi connectivity index (χ0) is 16.6. The maximum absolute atomic E-state index is 6.07. The number of fused-ring (bicyclic) bond motifs is 1. The lowest BCUT2D eigenvalue weighted by Gasteiger charge is -2.38. The Morgan fingerprint density at radius 1 is 1.12 bits per heavy atom. The summed E-state index contributed by atoms with van der Waals surface area (Å²) in [5.41, 5.74) is 8.59. The summed E-state index contributed by atoms with van der Waals surface area (Å²) in [5, 5.41) is 7.94. The van der Waals surface area contributed by atoms with Gasteiger partial charge in [-0.05, 0) is 23.8 Å². The monoisotopic (exact) mass is 317 g/mol. The quantitative estimate of drug-likeness (QED) is 0.780. The number of hydrogen-bond donors (Lipinski definition) is 2. The molecule has 4 rings (SSSR count). The standard InChI is InChI=1S/C19H19N5/c1-14(15-7-3-2-4-8-15)19(21-11-10-18(20)23-19)16-13-22-24-12-6-5-9-17(16)24/h2-14,21H,1H3,(H2,20,23). The van der Waals surface area contributed by atoms with Crippen LogP contribution in [0.15, 0.2) is 78.2 Å². The fourth-order valence-corrected chi connectivity index (χ4v) is 3.33. The first-order chi connectivity index (χ1) is 11.7. The molecule has 0 spiro atoms. The maximum atomic E-state index is 6.07. The maximum Gasteiger partial charge on any atom is 0.167 e. The van der Waals surface area contributed by atoms with Crippen molar-refractivity contribution in [3.8, 4) is 0 Å². The van der Waals surface area contributed by atoms with Crippen LogP contribution in [0.5, 0.6) is 0 Å². The highest BCUT2D eigenvalue weighted by Crippen LogP contribution is 2.41. The van der Waals surface area contributed by atoms with Crippen molar-refractivity contribution >= 4 is 11.4 Å². The molecule has 0 saturated carbocycles. The fourth-order valence-electron chi connectivity index (χ4n) is 3.33. The van der Waals surface area contributed by atoms with E-state index in [9.17, 15) is 0 Å². The Hall–Kier alpha value is -3.08. The van der Waals surface area contributed by atoms with Crippen LogP contribution in [0.25, 0.3) is 5.52 Å². The summed E-state index contributed by atoms with van der Waals surface area (Å²) >= 11 is 0. The van der Waals surface area contributed by atoms with Crippen LogP contribution in [0.2, 0.25) is 0 Å². The zero-order valence-electron chi connectivity index (χ0n) is 13.4. The van der Waals surface area contributed by atoms with E-state index >= 15 is 0 Å². The number of pyridine rings is 1. The van der Waals surface area contributed by atoms with Crippen LogP contribution in [0.3, 0.4) is 0 Å². The van der Waals surface area contributed by atoms with E-state index in [0.717, 1.165) is 11.1 Å². The molecule has 1 aliphatic heterocycles. The van der Waals surface area contributed by atoms with Gasteiger partial charge < -0.3 is 11.1 Å². The largest absolute Gasteiger partial charge is 0.384 e. The number of hydrogen-bond acceptors (Lipinski definition) is 4. The lowest BCUT2D eigenvalue weighted by molar-refractivity contribution is 0.331. The molecular formula is C19H19N5. The lowest BCUT2D eigenvalue weighted by atomic mass is 9.82. The Morgan fingerprint density at radius 2 is 1.92 bits per heavy atom. The molecule has 2 aromatic heterocycles. The van der Waals surface area contributed by atoms with Gasteiger partial charge in [-0.1, -0.05) is 43.3 Å². The molecule has 0 aliphatic carbocycles. The van der Waals surface area contributed by atoms with Crippen LogP contribution in [-0.2, 0) is 5.66 Å². The van der Waals surface area contributed by atoms with E-state index in [1.54, 1.807) is 6.08 Å². The number of aromatic nitrogens is 2. The summed E-state index contributed by atoms with van der Waals surface area (Å²) in [6.07, 6.45) is 7.46. The van der Waals surface area contributed by atoms with Crippen molar-refractivity contribution in [2.45, 2.75) is 18.5 Å². The second kappa shape index (κ2) is 5.53. The zero-order valence-corrected chi connectivity index (χ0v) is 13.4. The van der Waals surface area contributed by atoms with E-state index in [2.05, 4.69) is 29.5 Å². The van der Waals surface area contributed by atoms with E-state index in [4.69, 9.17) is 10.7 Å². The lowest BCUT2D eigenvalue weighted by Crippen LogP contribution is -2.45. The van der Waals surface area contributed by atoms with Gasteiger partial charge in [0, 0.05) is 23.9 Å². The molecule has 0 fully saturated rings. The normalized spacial score (nSPS) is 21.3. The Balaban J connectivity index is 1.94. The minimum atomic E-state index is -0.691. The Morgan fingerprint density at radius 3 is 2.71 bits per heavy atom. The molecule has 1 aliphatic rings. The van der Waals surface area contributed by atoms with Crippen LogP contribution in [0.4, 0.5) is 0 Å². The highest BCUT2D eigenvalue weighted by atomic mass is 15.2. The first kappa shape index (κ1) is 14.5. The molecule has 2 unspecified atom stereocenters. The predicted molar refractivity (Wildman–Crippen MR) is 95.6 cm³/mol. The second-order valence-electron chi connectivity index (χ2n) is 6.00. The Kier molecular flexibility index (Phi) is 3.34. The van der Waals surface area contributed by atoms with Gasteiger partial charge in [0.2, 0.25) is 0 Å². The molecule has 2 atom stereocenters. The van der Waals surface area contributed by atoms with Gasteiger partial charge in [0.05, 0.1) is 11.7 Å². The summed E-state index contributed by atoms with van der Waals surface area (Å²) in [6, 6.07) is 16.4. The smallest absolute Gasteiger partial charge is 0.167 e. The van der Waals surface area contributed by atoms with Crippen molar-refractivity contribution in [3.05, 3.63) is 84.3 Å². The summed E-state index contributed by atoms with van der Waals surface area (Å²) in [4.78, 5) is 4.83. The van der Waals surface area contributed by atoms with Crippen molar-refractivity contribution in [1.29, 1.82) is 0 Å². The van der Waals surface area contributed by atoms with Crippen molar-refractivity contribution < 1.29 is 0 Å². The molecular weight excluding hydrogens is 298 g/mol. The summed E-state index contributed by atoms with van der Waals surface area (Å²) < 4.78 is 1.86. The molecule has 24 heavy (non-hydrogen) atoms. The second-order valence-corrected chi connectivity index (χ2v) is 6.00. The van der Waals surface area contributed by atoms with Crippen LogP contribution in [0, 0.1) is 0 Å². The molecule has 3 heterocycles. The first-order valence-electron chi connectivity index (χ1n) is 7.98. The molecule has 0 saturated heterocycles. The van der Waals surface area contributed by atoms with Gasteiger partial charge >= 0.3 is 0 Å². The van der Waals surface area contributed by atoms with E-state index in [1.807, 2.05) is 59.5 Å². The highest BCUT2D eigenvalue weighted by molar-refractivity contribution is 5.92. The molecule has 1 aromatic carbocycles. The molecule has 0 bridgehead atoms. The molecule has 3 N–H and O–H groups in total. The van der Waals surface area contributed by atoms with Gasteiger partial charge in [-0.3, -0.25) is 0 Å². The number of nitrogens with zero attached hydrogens (tertiary/aromatic N) is 3. The van der Waals surface area contributed by atoms with Gasteiger partial charge in [-0.25, -0.2) is 9.51 Å². The van der Waals surface area contributed by atoms with E-state index < -0.39 is 5.66 Å². The molecule has 5 nitrogen and oxygen atoms in total. The summed E-state index contributed by atoms with van der Waals surface area (Å²) in [5.74, 6) is 0.571. The van der Waals surface area contributed by atoms with Crippen LogP contribution >= 0.6 is 0 Å². The Bertz CT molecular complexity index is 925. The number of rotatable bonds is 3. The topological polar surface area (TPSA) is 67.7 Å². The van der Waals surface area contributed by atoms with Crippen molar-refractivity contribution in [2.24, 2.45) is 10.7 Å². The molecule has 0 amide bonds. The molecule has 0 radical (unpaired) electrons. The third kappa shape index (κ3) is 2.17. The third-order valence-corrected chi connectivity index (χ3v) is 4.63. The van der Waals surface area contributed by atoms with Gasteiger partial charge in [0.1, 0.15) is 5.84 Å². The van der Waals surface area contributed by atoms with Gasteiger partial charge in [-0.15, -0.1) is 0 Å². The van der Waals surface area contributed by atoms with E-state index in [0.29, 0.717) is 5.84 Å². The summed E-state index contributed by atoms with van der Waals surface area (Å²) in [6.45, 7) is 2.16. The average molecular weight is 317 g/mol. The molecule has 3 aromatic rings. The van der Waals surface area contributed by atoms with Crippen molar-refractivity contribution in [3.63, 3.8) is 0 Å². The molecule has 120 valence electrons. The van der Waals surface area contributed by atoms with Crippen LogP contribution in [-0.4, -0.2) is 15.4 Å². The first-order valence-corrected chi connectivity index (χ1v) is 7.98. The van der Waals surface area contributed by atoms with Gasteiger partial charge in [0.15, 0.2) is 5.66 Å². The van der Waals surface area contributed by atoms with Crippen molar-refractivity contribution in [2.75, 3.05) is 0 Å². The SMILES string of the molecule is CC(c1ccccc1)C1(c2cnn3ccccc23)N=C(N)C=CN1. The molecule has 5 heteroatoms. The number of amidine groups is 1. The van der Waals surface area contributed by atoms with Gasteiger partial charge in [-0.2, -0.15) is 5.10 Å². The minimum absolute atomic E-state index is 0.0652. The third-order valence-electron chi connectivity index (χ3n) is 4.63. The predicted octanol–water partition coefficient (Wildman–Crippen LogP) is 2.76. The number of benzene rings is 1. The summed E-state index contributed by atoms with van der Waals surface area (Å²) in [7, 11) is 0. The van der Waals surface area contributed by atoms with Crippen LogP contribution < -0.4 is 11.1 Å². The van der Waals surface area contributed by atoms with E-state index in [-0.39, 0.29) is 5.92 Å². The number of nitrogens with one attached hydrogen (secondary N) is 1. The van der Waals surface area contributed by atoms with Crippen molar-refractivity contribution in [1.82, 2.24) is 14.9 Å². The Labute approximate surface area is 140 Å². The van der Waals surface area contributed by atoms with Crippen LogP contribution in [0.1, 0.15) is 24.0 Å². The fraction of sp³-hybridized carbons (Fsp3) is 0.158. The van der Waals surface area contributed by atoms with E-state index in [1.165, 1.54) is 5.56 Å². The number of aliphatic imine (C=N–C) groups is 1. The average Bonchev–Trinajstić information content (AvgIpc) is 3.06. The highest BCUT2D eigenvalue weighted by Gasteiger charge is 2.41. The van der Waals surface area contributed by atoms with Gasteiger partial charge in [0.25, 0.3) is 0 Å². The minimum Gasteiger partial charge on any atom is -0.384 e.